The molecular formula is C14H22ClFN2O4S. The van der Waals surface area contributed by atoms with E-state index in [2.05, 4.69) is 5.32 Å². The molecule has 1 fully saturated rings. The van der Waals surface area contributed by atoms with E-state index in [1.165, 1.54) is 24.6 Å². The second-order valence-corrected chi connectivity index (χ2v) is 7.01. The van der Waals surface area contributed by atoms with E-state index in [1.54, 1.807) is 0 Å². The van der Waals surface area contributed by atoms with Crippen LogP contribution in [-0.2, 0) is 10.0 Å². The summed E-state index contributed by atoms with van der Waals surface area (Å²) < 4.78 is 50.8. The Morgan fingerprint density at radius 3 is 2.17 bits per heavy atom. The van der Waals surface area contributed by atoms with Crippen LogP contribution < -0.4 is 14.8 Å². The quantitative estimate of drug-likeness (QED) is 0.855. The topological polar surface area (TPSA) is 67.9 Å². The number of halogens is 2. The van der Waals surface area contributed by atoms with E-state index in [0.29, 0.717) is 32.0 Å². The molecule has 23 heavy (non-hydrogen) atoms. The molecule has 1 heterocycles. The molecule has 0 unspecified atom stereocenters. The smallest absolute Gasteiger partial charge is 0.246 e. The molecule has 0 amide bonds. The Hall–Kier alpha value is -1.09. The van der Waals surface area contributed by atoms with Crippen molar-refractivity contribution in [1.29, 1.82) is 0 Å². The van der Waals surface area contributed by atoms with Crippen molar-refractivity contribution in [3.8, 4) is 11.5 Å². The molecule has 132 valence electrons. The molecule has 1 aromatic carbocycles. The summed E-state index contributed by atoms with van der Waals surface area (Å²) in [7, 11) is 0.712. The van der Waals surface area contributed by atoms with E-state index in [4.69, 9.17) is 9.47 Å². The Kier molecular flexibility index (Phi) is 7.06. The summed E-state index contributed by atoms with van der Waals surface area (Å²) in [6, 6.07) is 2.50. The SMILES string of the molecule is CNC1CCN(S(=O)(=O)c2cc(OC)c(OC)cc2F)CC1.Cl. The van der Waals surface area contributed by atoms with E-state index in [0.717, 1.165) is 6.07 Å². The van der Waals surface area contributed by atoms with Gasteiger partial charge in [0.05, 0.1) is 14.2 Å². The first-order valence-electron chi connectivity index (χ1n) is 7.03. The van der Waals surface area contributed by atoms with Gasteiger partial charge in [0, 0.05) is 31.3 Å². The van der Waals surface area contributed by atoms with Gasteiger partial charge in [0.2, 0.25) is 10.0 Å². The highest BCUT2D eigenvalue weighted by atomic mass is 35.5. The lowest BCUT2D eigenvalue weighted by Gasteiger charge is -2.31. The minimum absolute atomic E-state index is 0. The van der Waals surface area contributed by atoms with Crippen molar-refractivity contribution in [2.45, 2.75) is 23.8 Å². The van der Waals surface area contributed by atoms with E-state index < -0.39 is 15.8 Å². The average Bonchev–Trinajstić information content (AvgIpc) is 2.54. The molecule has 9 heteroatoms. The highest BCUT2D eigenvalue weighted by molar-refractivity contribution is 7.89. The standard InChI is InChI=1S/C14H21FN2O4S.ClH/c1-16-10-4-6-17(7-5-10)22(18,19)14-9-13(21-3)12(20-2)8-11(14)15;/h8-10,16H,4-7H2,1-3H3;1H. The summed E-state index contributed by atoms with van der Waals surface area (Å²) in [5, 5.41) is 3.13. The Morgan fingerprint density at radius 2 is 1.70 bits per heavy atom. The van der Waals surface area contributed by atoms with Gasteiger partial charge in [0.15, 0.2) is 11.5 Å². The summed E-state index contributed by atoms with van der Waals surface area (Å²) in [5.74, 6) is -0.492. The first-order chi connectivity index (χ1) is 10.4. The van der Waals surface area contributed by atoms with Crippen LogP contribution in [-0.4, -0.2) is 53.1 Å². The first kappa shape index (κ1) is 20.0. The molecule has 0 aromatic heterocycles. The van der Waals surface area contributed by atoms with Crippen LogP contribution in [0.25, 0.3) is 0 Å². The fourth-order valence-electron chi connectivity index (χ4n) is 2.56. The number of ether oxygens (including phenoxy) is 2. The van der Waals surface area contributed by atoms with Gasteiger partial charge in [-0.05, 0) is 19.9 Å². The third kappa shape index (κ3) is 4.06. The maximum atomic E-state index is 14.2. The molecule has 0 saturated carbocycles. The number of sulfonamides is 1. The van der Waals surface area contributed by atoms with Gasteiger partial charge in [-0.3, -0.25) is 0 Å². The summed E-state index contributed by atoms with van der Waals surface area (Å²) in [6.07, 6.45) is 1.40. The fraction of sp³-hybridized carbons (Fsp3) is 0.571. The Balaban J connectivity index is 0.00000264. The third-order valence-electron chi connectivity index (χ3n) is 3.92. The van der Waals surface area contributed by atoms with E-state index in [-0.39, 0.29) is 28.8 Å². The summed E-state index contributed by atoms with van der Waals surface area (Å²) in [6.45, 7) is 0.725. The van der Waals surface area contributed by atoms with Gasteiger partial charge < -0.3 is 14.8 Å². The predicted molar refractivity (Wildman–Crippen MR) is 87.6 cm³/mol. The zero-order chi connectivity index (χ0) is 16.3. The fourth-order valence-corrected chi connectivity index (χ4v) is 4.09. The van der Waals surface area contributed by atoms with Gasteiger partial charge in [0.25, 0.3) is 0 Å². The van der Waals surface area contributed by atoms with E-state index in [1.807, 2.05) is 7.05 Å². The van der Waals surface area contributed by atoms with Crippen LogP contribution in [0.2, 0.25) is 0 Å². The predicted octanol–water partition coefficient (Wildman–Crippen LogP) is 1.64. The van der Waals surface area contributed by atoms with Crippen LogP contribution in [0.15, 0.2) is 17.0 Å². The van der Waals surface area contributed by atoms with Crippen LogP contribution in [0.5, 0.6) is 11.5 Å². The number of rotatable bonds is 5. The summed E-state index contributed by atoms with van der Waals surface area (Å²) in [5.41, 5.74) is 0. The molecule has 1 aliphatic rings. The minimum Gasteiger partial charge on any atom is -0.493 e. The second-order valence-electron chi connectivity index (χ2n) is 5.10. The molecule has 1 saturated heterocycles. The van der Waals surface area contributed by atoms with Gasteiger partial charge in [-0.15, -0.1) is 12.4 Å². The summed E-state index contributed by atoms with van der Waals surface area (Å²) in [4.78, 5) is -0.381. The van der Waals surface area contributed by atoms with Gasteiger partial charge in [-0.1, -0.05) is 0 Å². The van der Waals surface area contributed by atoms with E-state index in [9.17, 15) is 12.8 Å². The second kappa shape index (κ2) is 8.14. The molecule has 1 aliphatic heterocycles. The highest BCUT2D eigenvalue weighted by Gasteiger charge is 2.32. The molecule has 0 spiro atoms. The van der Waals surface area contributed by atoms with Crippen LogP contribution in [0, 0.1) is 5.82 Å². The van der Waals surface area contributed by atoms with Gasteiger partial charge in [-0.2, -0.15) is 4.31 Å². The van der Waals surface area contributed by atoms with Crippen molar-refractivity contribution < 1.29 is 22.3 Å². The number of benzene rings is 1. The van der Waals surface area contributed by atoms with Crippen molar-refractivity contribution in [2.24, 2.45) is 0 Å². The number of nitrogens with zero attached hydrogens (tertiary/aromatic N) is 1. The van der Waals surface area contributed by atoms with Crippen LogP contribution in [0.1, 0.15) is 12.8 Å². The van der Waals surface area contributed by atoms with Crippen molar-refractivity contribution in [2.75, 3.05) is 34.4 Å². The Labute approximate surface area is 142 Å². The molecule has 2 rings (SSSR count). The molecule has 1 N–H and O–H groups in total. The highest BCUT2D eigenvalue weighted by Crippen LogP contribution is 2.33. The minimum atomic E-state index is -3.89. The molecular weight excluding hydrogens is 347 g/mol. The van der Waals surface area contributed by atoms with Crippen molar-refractivity contribution in [1.82, 2.24) is 9.62 Å². The molecule has 0 bridgehead atoms. The Morgan fingerprint density at radius 1 is 1.17 bits per heavy atom. The number of piperidine rings is 1. The zero-order valence-corrected chi connectivity index (χ0v) is 15.0. The lowest BCUT2D eigenvalue weighted by atomic mass is 10.1. The molecule has 6 nitrogen and oxygen atoms in total. The van der Waals surface area contributed by atoms with Crippen molar-refractivity contribution >= 4 is 22.4 Å². The first-order valence-corrected chi connectivity index (χ1v) is 8.47. The molecule has 0 aliphatic carbocycles. The molecule has 0 radical (unpaired) electrons. The number of hydrogen-bond donors (Lipinski definition) is 1. The van der Waals surface area contributed by atoms with Crippen molar-refractivity contribution in [3.05, 3.63) is 17.9 Å². The maximum absolute atomic E-state index is 14.2. The van der Waals surface area contributed by atoms with Crippen LogP contribution in [0.3, 0.4) is 0 Å². The molecule has 0 atom stereocenters. The maximum Gasteiger partial charge on any atom is 0.246 e. The zero-order valence-electron chi connectivity index (χ0n) is 13.3. The number of methoxy groups -OCH3 is 2. The molecule has 1 aromatic rings. The third-order valence-corrected chi connectivity index (χ3v) is 5.83. The van der Waals surface area contributed by atoms with Crippen molar-refractivity contribution in [3.63, 3.8) is 0 Å². The van der Waals surface area contributed by atoms with Crippen LogP contribution >= 0.6 is 12.4 Å². The largest absolute Gasteiger partial charge is 0.493 e. The van der Waals surface area contributed by atoms with E-state index >= 15 is 0 Å². The lowest BCUT2D eigenvalue weighted by Crippen LogP contribution is -2.44. The normalized spacial score (nSPS) is 16.7. The van der Waals surface area contributed by atoms with Gasteiger partial charge in [0.1, 0.15) is 10.7 Å². The monoisotopic (exact) mass is 368 g/mol. The summed E-state index contributed by atoms with van der Waals surface area (Å²) >= 11 is 0. The number of nitrogens with one attached hydrogen (secondary N) is 1. The van der Waals surface area contributed by atoms with Gasteiger partial charge in [-0.25, -0.2) is 12.8 Å². The van der Waals surface area contributed by atoms with Gasteiger partial charge >= 0.3 is 0 Å². The lowest BCUT2D eigenvalue weighted by molar-refractivity contribution is 0.297. The van der Waals surface area contributed by atoms with Crippen LogP contribution in [0.4, 0.5) is 4.39 Å². The average molecular weight is 369 g/mol. The Bertz CT molecular complexity index is 634. The number of hydrogen-bond acceptors (Lipinski definition) is 5.